The van der Waals surface area contributed by atoms with Crippen LogP contribution in [0.5, 0.6) is 0 Å². The van der Waals surface area contributed by atoms with Crippen LogP contribution in [-0.4, -0.2) is 42.0 Å². The van der Waals surface area contributed by atoms with Gasteiger partial charge in [0.25, 0.3) is 0 Å². The molecule has 0 bridgehead atoms. The first-order valence-electron chi connectivity index (χ1n) is 12.8. The van der Waals surface area contributed by atoms with E-state index in [2.05, 4.69) is 64.6 Å². The van der Waals surface area contributed by atoms with Crippen LogP contribution in [0, 0.1) is 0 Å². The minimum Gasteiger partial charge on any atom is -0.444 e. The summed E-state index contributed by atoms with van der Waals surface area (Å²) in [5, 5.41) is 13.3. The first-order valence-corrected chi connectivity index (χ1v) is 13.6. The molecule has 0 aromatic heterocycles. The molecule has 2 aromatic carbocycles. The number of alkyl carbamates (subject to hydrolysis) is 1. The molecular weight excluding hydrogens is 517 g/mol. The number of carbonyl (C=O) groups excluding carboxylic acids is 1. The summed E-state index contributed by atoms with van der Waals surface area (Å²) in [5.41, 5.74) is 3.98. The van der Waals surface area contributed by atoms with E-state index in [1.807, 2.05) is 34.6 Å². The lowest BCUT2D eigenvalue weighted by atomic mass is 9.74. The summed E-state index contributed by atoms with van der Waals surface area (Å²) in [6.07, 6.45) is 2.42. The fourth-order valence-electron chi connectivity index (χ4n) is 4.54. The van der Waals surface area contributed by atoms with Gasteiger partial charge in [-0.2, -0.15) is 0 Å². The van der Waals surface area contributed by atoms with Crippen molar-refractivity contribution >= 4 is 35.0 Å². The molecule has 5 nitrogen and oxygen atoms in total. The van der Waals surface area contributed by atoms with Crippen LogP contribution in [0.2, 0.25) is 0 Å². The molecule has 0 aliphatic heterocycles. The van der Waals surface area contributed by atoms with E-state index >= 15 is 0 Å². The quantitative estimate of drug-likeness (QED) is 0.294. The van der Waals surface area contributed by atoms with Gasteiger partial charge in [0.05, 0.1) is 11.2 Å². The van der Waals surface area contributed by atoms with Gasteiger partial charge in [-0.05, 0) is 95.7 Å². The van der Waals surface area contributed by atoms with Crippen LogP contribution in [0.3, 0.4) is 0 Å². The summed E-state index contributed by atoms with van der Waals surface area (Å²) >= 11 is 3.67. The highest BCUT2D eigenvalue weighted by Crippen LogP contribution is 2.51. The Labute approximate surface area is 225 Å². The molecule has 1 aliphatic rings. The average molecular weight is 558 g/mol. The Morgan fingerprint density at radius 3 is 2.22 bits per heavy atom. The third-order valence-corrected chi connectivity index (χ3v) is 7.88. The van der Waals surface area contributed by atoms with Crippen LogP contribution in [0.4, 0.5) is 4.79 Å². The fraction of sp³-hybridized carbons (Fsp3) is 0.552. The van der Waals surface area contributed by atoms with Crippen molar-refractivity contribution in [2.75, 3.05) is 6.54 Å². The topological polar surface area (TPSA) is 67.8 Å². The molecule has 3 rings (SSSR count). The van der Waals surface area contributed by atoms with Gasteiger partial charge < -0.3 is 19.8 Å². The second-order valence-electron chi connectivity index (χ2n) is 12.1. The molecule has 0 saturated carbocycles. The smallest absolute Gasteiger partial charge is 0.407 e. The monoisotopic (exact) mass is 557 g/mol. The van der Waals surface area contributed by atoms with Gasteiger partial charge >= 0.3 is 13.6 Å². The van der Waals surface area contributed by atoms with Crippen molar-refractivity contribution in [1.82, 2.24) is 5.32 Å². The van der Waals surface area contributed by atoms with Crippen molar-refractivity contribution in [3.63, 3.8) is 0 Å². The number of amides is 1. The molecule has 0 saturated heterocycles. The number of rotatable bonds is 9. The predicted octanol–water partition coefficient (Wildman–Crippen LogP) is 5.97. The molecule has 2 N–H and O–H groups in total. The van der Waals surface area contributed by atoms with Gasteiger partial charge in [-0.3, -0.25) is 0 Å². The van der Waals surface area contributed by atoms with Crippen LogP contribution in [0.15, 0.2) is 40.9 Å². The SMILES string of the molecule is CC(C)(C)OC(=O)NCCCCC1(C)c2cc(Br)ccc2-c2ccc(BOC(C)(C)C(C)(C)O)cc21. The van der Waals surface area contributed by atoms with Gasteiger partial charge in [0.2, 0.25) is 0 Å². The van der Waals surface area contributed by atoms with Gasteiger partial charge in [0.1, 0.15) is 5.60 Å². The van der Waals surface area contributed by atoms with Crippen LogP contribution in [-0.2, 0) is 14.8 Å². The average Bonchev–Trinajstić information content (AvgIpc) is 2.98. The highest BCUT2D eigenvalue weighted by molar-refractivity contribution is 9.10. The Balaban J connectivity index is 1.76. The first-order chi connectivity index (χ1) is 16.5. The Morgan fingerprint density at radius 1 is 1.00 bits per heavy atom. The van der Waals surface area contributed by atoms with E-state index in [0.717, 1.165) is 29.2 Å². The highest BCUT2D eigenvalue weighted by Gasteiger charge is 2.40. The normalized spacial score (nSPS) is 17.4. The van der Waals surface area contributed by atoms with E-state index < -0.39 is 16.8 Å². The summed E-state index contributed by atoms with van der Waals surface area (Å²) in [6, 6.07) is 13.1. The lowest BCUT2D eigenvalue weighted by Crippen LogP contribution is -2.49. The van der Waals surface area contributed by atoms with Crippen molar-refractivity contribution in [2.24, 2.45) is 0 Å². The molecule has 0 radical (unpaired) electrons. The second-order valence-corrected chi connectivity index (χ2v) is 13.1. The molecular formula is C29H41BBrNO4. The van der Waals surface area contributed by atoms with Gasteiger partial charge in [-0.25, -0.2) is 4.79 Å². The Hall–Kier alpha value is -1.83. The zero-order chi connectivity index (χ0) is 26.9. The van der Waals surface area contributed by atoms with Crippen molar-refractivity contribution in [2.45, 2.75) is 96.9 Å². The molecule has 0 spiro atoms. The molecule has 36 heavy (non-hydrogen) atoms. The zero-order valence-corrected chi connectivity index (χ0v) is 24.6. The zero-order valence-electron chi connectivity index (χ0n) is 23.0. The van der Waals surface area contributed by atoms with Gasteiger partial charge in [-0.1, -0.05) is 59.0 Å². The van der Waals surface area contributed by atoms with Crippen molar-refractivity contribution in [3.05, 3.63) is 52.0 Å². The summed E-state index contributed by atoms with van der Waals surface area (Å²) in [5.74, 6) is 0. The van der Waals surface area contributed by atoms with Crippen molar-refractivity contribution < 1.29 is 19.3 Å². The summed E-state index contributed by atoms with van der Waals surface area (Å²) in [7, 11) is 0.431. The number of hydrogen-bond donors (Lipinski definition) is 2. The summed E-state index contributed by atoms with van der Waals surface area (Å²) in [4.78, 5) is 12.0. The third-order valence-electron chi connectivity index (χ3n) is 7.39. The number of unbranched alkanes of at least 4 members (excludes halogenated alkanes) is 1. The maximum Gasteiger partial charge on any atom is 0.407 e. The molecule has 0 heterocycles. The molecule has 196 valence electrons. The molecule has 1 unspecified atom stereocenters. The van der Waals surface area contributed by atoms with Crippen LogP contribution in [0.1, 0.15) is 85.8 Å². The molecule has 1 atom stereocenters. The Bertz CT molecular complexity index is 1100. The van der Waals surface area contributed by atoms with E-state index in [0.29, 0.717) is 14.0 Å². The minimum atomic E-state index is -0.950. The number of hydrogen-bond acceptors (Lipinski definition) is 4. The van der Waals surface area contributed by atoms with Gasteiger partial charge in [0.15, 0.2) is 0 Å². The van der Waals surface area contributed by atoms with E-state index in [9.17, 15) is 9.90 Å². The van der Waals surface area contributed by atoms with E-state index in [1.165, 1.54) is 22.3 Å². The molecule has 7 heteroatoms. The molecule has 0 fully saturated rings. The number of fused-ring (bicyclic) bond motifs is 3. The van der Waals surface area contributed by atoms with Gasteiger partial charge in [0, 0.05) is 16.4 Å². The van der Waals surface area contributed by atoms with Crippen molar-refractivity contribution in [3.8, 4) is 11.1 Å². The summed E-state index contributed by atoms with van der Waals surface area (Å²) < 4.78 is 12.6. The minimum absolute atomic E-state index is 0.151. The maximum atomic E-state index is 12.0. The lowest BCUT2D eigenvalue weighted by molar-refractivity contribution is -0.0893. The largest absolute Gasteiger partial charge is 0.444 e. The number of halogens is 1. The molecule has 1 aliphatic carbocycles. The lowest BCUT2D eigenvalue weighted by Gasteiger charge is -2.37. The molecule has 2 aromatic rings. The van der Waals surface area contributed by atoms with Crippen molar-refractivity contribution in [1.29, 1.82) is 0 Å². The Kier molecular flexibility index (Phi) is 8.39. The standard InChI is InChI=1S/C29H41BBrNO4/c1-26(2,3)35-25(33)32-16-10-9-15-29(8)23-17-19(30-36-28(6,7)27(4,5)34)11-13-21(23)22-14-12-20(31)18-24(22)29/h11-14,17-18,30,34H,9-10,15-16H2,1-8H3,(H,32,33). The number of nitrogens with one attached hydrogen (secondary N) is 1. The van der Waals surface area contributed by atoms with E-state index in [1.54, 1.807) is 13.8 Å². The van der Waals surface area contributed by atoms with Crippen LogP contribution < -0.4 is 10.8 Å². The highest BCUT2D eigenvalue weighted by atomic mass is 79.9. The first kappa shape index (κ1) is 28.7. The van der Waals surface area contributed by atoms with E-state index in [4.69, 9.17) is 9.39 Å². The fourth-order valence-corrected chi connectivity index (χ4v) is 4.90. The predicted molar refractivity (Wildman–Crippen MR) is 152 cm³/mol. The third kappa shape index (κ3) is 6.53. The van der Waals surface area contributed by atoms with E-state index in [-0.39, 0.29) is 11.5 Å². The number of ether oxygens (including phenoxy) is 1. The number of benzene rings is 2. The number of carbonyl (C=O) groups is 1. The van der Waals surface area contributed by atoms with Crippen LogP contribution >= 0.6 is 15.9 Å². The second kappa shape index (κ2) is 10.5. The number of aliphatic hydroxyl groups is 1. The molecule has 1 amide bonds. The van der Waals surface area contributed by atoms with Gasteiger partial charge in [-0.15, -0.1) is 0 Å². The Morgan fingerprint density at radius 2 is 1.61 bits per heavy atom. The maximum absolute atomic E-state index is 12.0. The van der Waals surface area contributed by atoms with Crippen LogP contribution in [0.25, 0.3) is 11.1 Å². The summed E-state index contributed by atoms with van der Waals surface area (Å²) in [6.45, 7) is 15.9.